The van der Waals surface area contributed by atoms with Crippen molar-refractivity contribution in [1.29, 1.82) is 0 Å². The van der Waals surface area contributed by atoms with Gasteiger partial charge in [0.2, 0.25) is 0 Å². The van der Waals surface area contributed by atoms with Crippen molar-refractivity contribution < 1.29 is 9.21 Å². The van der Waals surface area contributed by atoms with Crippen LogP contribution < -0.4 is 5.43 Å². The molecule has 0 saturated heterocycles. The summed E-state index contributed by atoms with van der Waals surface area (Å²) in [5.74, 6) is 0.266. The number of aromatic nitrogens is 1. The van der Waals surface area contributed by atoms with E-state index in [1.165, 1.54) is 18.7 Å². The van der Waals surface area contributed by atoms with Crippen molar-refractivity contribution in [2.24, 2.45) is 5.10 Å². The van der Waals surface area contributed by atoms with Crippen molar-refractivity contribution in [3.05, 3.63) is 54.2 Å². The van der Waals surface area contributed by atoms with E-state index in [0.29, 0.717) is 11.3 Å². The highest BCUT2D eigenvalue weighted by atomic mass is 16.3. The van der Waals surface area contributed by atoms with Gasteiger partial charge in [-0.15, -0.1) is 0 Å². The number of furan rings is 1. The Balaban J connectivity index is 1.94. The van der Waals surface area contributed by atoms with E-state index in [0.717, 1.165) is 0 Å². The van der Waals surface area contributed by atoms with Crippen LogP contribution in [-0.4, -0.2) is 17.1 Å². The SMILES string of the molecule is O=C(NN=Cc1ccco1)c1cccnc1. The molecule has 0 fully saturated rings. The predicted octanol–water partition coefficient (Wildman–Crippen LogP) is 1.44. The number of nitrogens with one attached hydrogen (secondary N) is 1. The van der Waals surface area contributed by atoms with Crippen LogP contribution in [0.1, 0.15) is 16.1 Å². The molecule has 1 amide bonds. The Morgan fingerprint density at radius 3 is 3.06 bits per heavy atom. The first-order chi connectivity index (χ1) is 7.86. The molecule has 2 heterocycles. The van der Waals surface area contributed by atoms with Crippen molar-refractivity contribution in [3.63, 3.8) is 0 Å². The van der Waals surface area contributed by atoms with E-state index < -0.39 is 0 Å². The first-order valence-electron chi connectivity index (χ1n) is 4.63. The molecule has 16 heavy (non-hydrogen) atoms. The molecule has 0 radical (unpaired) electrons. The molecule has 1 N–H and O–H groups in total. The number of pyridine rings is 1. The Morgan fingerprint density at radius 2 is 2.38 bits per heavy atom. The number of rotatable bonds is 3. The van der Waals surface area contributed by atoms with Gasteiger partial charge in [0.1, 0.15) is 5.76 Å². The van der Waals surface area contributed by atoms with Crippen LogP contribution in [0.5, 0.6) is 0 Å². The second-order valence-electron chi connectivity index (χ2n) is 2.96. The molecule has 0 atom stereocenters. The van der Waals surface area contributed by atoms with E-state index in [1.807, 2.05) is 0 Å². The van der Waals surface area contributed by atoms with Crippen molar-refractivity contribution in [3.8, 4) is 0 Å². The summed E-state index contributed by atoms with van der Waals surface area (Å²) in [6.07, 6.45) is 6.03. The summed E-state index contributed by atoms with van der Waals surface area (Å²) in [6, 6.07) is 6.82. The average molecular weight is 215 g/mol. The fraction of sp³-hybridized carbons (Fsp3) is 0. The van der Waals surface area contributed by atoms with Gasteiger partial charge in [0.25, 0.3) is 5.91 Å². The number of hydrazone groups is 1. The Hall–Kier alpha value is -2.43. The smallest absolute Gasteiger partial charge is 0.272 e. The van der Waals surface area contributed by atoms with E-state index in [1.54, 1.807) is 30.5 Å². The predicted molar refractivity (Wildman–Crippen MR) is 58.0 cm³/mol. The molecule has 0 saturated carbocycles. The molecule has 0 bridgehead atoms. The van der Waals surface area contributed by atoms with E-state index in [2.05, 4.69) is 15.5 Å². The van der Waals surface area contributed by atoms with E-state index in [4.69, 9.17) is 4.42 Å². The third-order valence-corrected chi connectivity index (χ3v) is 1.82. The van der Waals surface area contributed by atoms with E-state index in [9.17, 15) is 4.79 Å². The Morgan fingerprint density at radius 1 is 1.44 bits per heavy atom. The molecule has 0 aliphatic rings. The fourth-order valence-corrected chi connectivity index (χ4v) is 1.08. The molecule has 5 nitrogen and oxygen atoms in total. The summed E-state index contributed by atoms with van der Waals surface area (Å²) in [7, 11) is 0. The monoisotopic (exact) mass is 215 g/mol. The maximum absolute atomic E-state index is 11.5. The van der Waals surface area contributed by atoms with Crippen LogP contribution in [0.25, 0.3) is 0 Å². The molecule has 0 spiro atoms. The van der Waals surface area contributed by atoms with Crippen LogP contribution >= 0.6 is 0 Å². The highest BCUT2D eigenvalue weighted by Gasteiger charge is 2.02. The van der Waals surface area contributed by atoms with Crippen LogP contribution in [0.3, 0.4) is 0 Å². The molecule has 0 unspecified atom stereocenters. The van der Waals surface area contributed by atoms with Gasteiger partial charge < -0.3 is 4.42 Å². The second-order valence-corrected chi connectivity index (χ2v) is 2.96. The maximum Gasteiger partial charge on any atom is 0.272 e. The molecular formula is C11H9N3O2. The lowest BCUT2D eigenvalue weighted by atomic mass is 10.3. The van der Waals surface area contributed by atoms with Gasteiger partial charge in [0, 0.05) is 12.4 Å². The highest BCUT2D eigenvalue weighted by Crippen LogP contribution is 1.96. The minimum absolute atomic E-state index is 0.309. The Kier molecular flexibility index (Phi) is 3.08. The van der Waals surface area contributed by atoms with Gasteiger partial charge in [0.05, 0.1) is 18.0 Å². The van der Waals surface area contributed by atoms with Crippen LogP contribution in [0, 0.1) is 0 Å². The first kappa shape index (κ1) is 10.1. The zero-order valence-electron chi connectivity index (χ0n) is 8.33. The van der Waals surface area contributed by atoms with Crippen molar-refractivity contribution in [1.82, 2.24) is 10.4 Å². The highest BCUT2D eigenvalue weighted by molar-refractivity contribution is 5.94. The lowest BCUT2D eigenvalue weighted by Gasteiger charge is -1.97. The zero-order valence-corrected chi connectivity index (χ0v) is 8.33. The molecule has 0 aliphatic carbocycles. The number of hydrogen-bond acceptors (Lipinski definition) is 4. The van der Waals surface area contributed by atoms with Gasteiger partial charge in [-0.1, -0.05) is 0 Å². The van der Waals surface area contributed by atoms with Gasteiger partial charge >= 0.3 is 0 Å². The van der Waals surface area contributed by atoms with Crippen LogP contribution in [0.2, 0.25) is 0 Å². The van der Waals surface area contributed by atoms with Gasteiger partial charge in [-0.3, -0.25) is 9.78 Å². The van der Waals surface area contributed by atoms with E-state index >= 15 is 0 Å². The number of carbonyl (C=O) groups is 1. The summed E-state index contributed by atoms with van der Waals surface area (Å²) in [6.45, 7) is 0. The van der Waals surface area contributed by atoms with Gasteiger partial charge in [-0.25, -0.2) is 5.43 Å². The first-order valence-corrected chi connectivity index (χ1v) is 4.63. The topological polar surface area (TPSA) is 67.5 Å². The van der Waals surface area contributed by atoms with Gasteiger partial charge in [-0.05, 0) is 24.3 Å². The average Bonchev–Trinajstić information content (AvgIpc) is 2.83. The lowest BCUT2D eigenvalue weighted by molar-refractivity contribution is 0.0955. The van der Waals surface area contributed by atoms with Crippen molar-refractivity contribution in [2.45, 2.75) is 0 Å². The van der Waals surface area contributed by atoms with Crippen LogP contribution in [0.15, 0.2) is 52.4 Å². The quantitative estimate of drug-likeness (QED) is 0.622. The van der Waals surface area contributed by atoms with Gasteiger partial charge in [0.15, 0.2) is 0 Å². The summed E-state index contributed by atoms with van der Waals surface area (Å²) in [4.78, 5) is 15.3. The van der Waals surface area contributed by atoms with Crippen LogP contribution in [-0.2, 0) is 0 Å². The molecule has 0 aromatic carbocycles. The van der Waals surface area contributed by atoms with E-state index in [-0.39, 0.29) is 5.91 Å². The van der Waals surface area contributed by atoms with Crippen molar-refractivity contribution in [2.75, 3.05) is 0 Å². The maximum atomic E-state index is 11.5. The third kappa shape index (κ3) is 2.54. The zero-order chi connectivity index (χ0) is 11.2. The molecule has 80 valence electrons. The Labute approximate surface area is 91.8 Å². The minimum Gasteiger partial charge on any atom is -0.463 e. The molecule has 0 aliphatic heterocycles. The fourth-order valence-electron chi connectivity index (χ4n) is 1.08. The number of nitrogens with zero attached hydrogens (tertiary/aromatic N) is 2. The molecule has 2 rings (SSSR count). The summed E-state index contributed by atoms with van der Waals surface area (Å²) < 4.78 is 5.01. The standard InChI is InChI=1S/C11H9N3O2/c15-11(9-3-1-5-12-7-9)14-13-8-10-4-2-6-16-10/h1-8H,(H,14,15). The van der Waals surface area contributed by atoms with Crippen molar-refractivity contribution >= 4 is 12.1 Å². The third-order valence-electron chi connectivity index (χ3n) is 1.82. The summed E-state index contributed by atoms with van der Waals surface area (Å²) >= 11 is 0. The summed E-state index contributed by atoms with van der Waals surface area (Å²) in [5, 5.41) is 3.74. The number of amides is 1. The molecular weight excluding hydrogens is 206 g/mol. The lowest BCUT2D eigenvalue weighted by Crippen LogP contribution is -2.17. The van der Waals surface area contributed by atoms with Gasteiger partial charge in [-0.2, -0.15) is 5.10 Å². The molecule has 5 heteroatoms. The second kappa shape index (κ2) is 4.88. The largest absolute Gasteiger partial charge is 0.463 e. The number of hydrogen-bond donors (Lipinski definition) is 1. The Bertz CT molecular complexity index is 477. The molecule has 2 aromatic heterocycles. The molecule has 2 aromatic rings. The minimum atomic E-state index is -0.309. The number of carbonyl (C=O) groups excluding carboxylic acids is 1. The van der Waals surface area contributed by atoms with Crippen LogP contribution in [0.4, 0.5) is 0 Å². The summed E-state index contributed by atoms with van der Waals surface area (Å²) in [5.41, 5.74) is 2.83. The normalized spacial score (nSPS) is 10.5.